The van der Waals surface area contributed by atoms with Gasteiger partial charge in [-0.15, -0.1) is 0 Å². The van der Waals surface area contributed by atoms with Crippen LogP contribution in [0.2, 0.25) is 10.0 Å². The van der Waals surface area contributed by atoms with Crippen LogP contribution in [0.1, 0.15) is 11.1 Å². The molecular weight excluding hydrogens is 545 g/mol. The molecule has 0 bridgehead atoms. The zero-order chi connectivity index (χ0) is 27.0. The lowest BCUT2D eigenvalue weighted by molar-refractivity contribution is -0.119. The fourth-order valence-corrected chi connectivity index (χ4v) is 5.52. The molecule has 0 spiro atoms. The number of carbonyl (C=O) groups is 1. The van der Waals surface area contributed by atoms with E-state index in [1.807, 2.05) is 42.5 Å². The van der Waals surface area contributed by atoms with Gasteiger partial charge in [0.1, 0.15) is 18.9 Å². The molecule has 0 heterocycles. The van der Waals surface area contributed by atoms with Gasteiger partial charge in [-0.3, -0.25) is 9.10 Å². The highest BCUT2D eigenvalue weighted by Gasteiger charge is 2.28. The fourth-order valence-electron chi connectivity index (χ4n) is 3.50. The number of anilines is 1. The Morgan fingerprint density at radius 3 is 2.26 bits per heavy atom. The number of halogens is 2. The minimum Gasteiger partial charge on any atom is -0.488 e. The van der Waals surface area contributed by atoms with Crippen molar-refractivity contribution < 1.29 is 17.9 Å². The maximum absolute atomic E-state index is 13.4. The summed E-state index contributed by atoms with van der Waals surface area (Å²) in [4.78, 5) is 12.8. The number of amides is 1. The number of benzene rings is 4. The number of nitrogens with zero attached hydrogens (tertiary/aromatic N) is 2. The van der Waals surface area contributed by atoms with Crippen molar-refractivity contribution in [2.45, 2.75) is 11.5 Å². The number of nitrogens with one attached hydrogen (secondary N) is 1. The molecule has 0 aromatic heterocycles. The van der Waals surface area contributed by atoms with E-state index in [1.54, 1.807) is 30.3 Å². The Bertz CT molecular complexity index is 1530. The number of rotatable bonds is 10. The number of ether oxygens (including phenoxy) is 1. The molecule has 0 saturated heterocycles. The summed E-state index contributed by atoms with van der Waals surface area (Å²) in [6.07, 6.45) is 1.43. The third-order valence-corrected chi connectivity index (χ3v) is 7.66. The summed E-state index contributed by atoms with van der Waals surface area (Å²) in [5.41, 5.74) is 4.14. The van der Waals surface area contributed by atoms with E-state index < -0.39 is 22.5 Å². The van der Waals surface area contributed by atoms with Gasteiger partial charge in [-0.05, 0) is 48.0 Å². The topological polar surface area (TPSA) is 88.1 Å². The van der Waals surface area contributed by atoms with Crippen molar-refractivity contribution in [3.05, 3.63) is 124 Å². The molecule has 194 valence electrons. The maximum Gasteiger partial charge on any atom is 0.264 e. The number of carbonyl (C=O) groups excluding carboxylic acids is 1. The van der Waals surface area contributed by atoms with Crippen molar-refractivity contribution in [3.8, 4) is 5.75 Å². The van der Waals surface area contributed by atoms with Crippen molar-refractivity contribution in [3.63, 3.8) is 0 Å². The summed E-state index contributed by atoms with van der Waals surface area (Å²) in [6.45, 7) is -0.200. The first-order valence-corrected chi connectivity index (χ1v) is 13.6. The van der Waals surface area contributed by atoms with Crippen LogP contribution in [0, 0.1) is 0 Å². The van der Waals surface area contributed by atoms with E-state index in [-0.39, 0.29) is 15.6 Å². The first-order valence-electron chi connectivity index (χ1n) is 11.4. The number of hydrazone groups is 1. The molecule has 0 aliphatic rings. The zero-order valence-electron chi connectivity index (χ0n) is 20.0. The molecule has 0 atom stereocenters. The molecule has 0 fully saturated rings. The maximum atomic E-state index is 13.4. The summed E-state index contributed by atoms with van der Waals surface area (Å²) in [5.74, 6) is -0.0926. The Morgan fingerprint density at radius 2 is 1.55 bits per heavy atom. The van der Waals surface area contributed by atoms with Gasteiger partial charge in [-0.2, -0.15) is 5.10 Å². The van der Waals surface area contributed by atoms with Crippen molar-refractivity contribution in [2.24, 2.45) is 5.10 Å². The van der Waals surface area contributed by atoms with Gasteiger partial charge in [0, 0.05) is 10.6 Å². The van der Waals surface area contributed by atoms with E-state index in [0.717, 1.165) is 9.87 Å². The van der Waals surface area contributed by atoms with Gasteiger partial charge >= 0.3 is 0 Å². The summed E-state index contributed by atoms with van der Waals surface area (Å²) < 4.78 is 33.7. The van der Waals surface area contributed by atoms with E-state index in [9.17, 15) is 13.2 Å². The molecule has 1 N–H and O–H groups in total. The van der Waals surface area contributed by atoms with Crippen LogP contribution < -0.4 is 14.5 Å². The summed E-state index contributed by atoms with van der Waals surface area (Å²) in [6, 6.07) is 29.1. The van der Waals surface area contributed by atoms with Gasteiger partial charge in [0.25, 0.3) is 15.9 Å². The molecule has 1 amide bonds. The Labute approximate surface area is 231 Å². The fraction of sp³-hybridized carbons (Fsp3) is 0.0714. The smallest absolute Gasteiger partial charge is 0.264 e. The van der Waals surface area contributed by atoms with Crippen LogP contribution in [-0.4, -0.2) is 27.1 Å². The zero-order valence-corrected chi connectivity index (χ0v) is 22.3. The lowest BCUT2D eigenvalue weighted by atomic mass is 10.2. The predicted octanol–water partition coefficient (Wildman–Crippen LogP) is 5.92. The molecule has 4 aromatic carbocycles. The number of sulfonamides is 1. The van der Waals surface area contributed by atoms with Crippen molar-refractivity contribution in [2.75, 3.05) is 10.8 Å². The van der Waals surface area contributed by atoms with E-state index in [4.69, 9.17) is 27.9 Å². The van der Waals surface area contributed by atoms with Crippen LogP contribution >= 0.6 is 23.2 Å². The van der Waals surface area contributed by atoms with Crippen molar-refractivity contribution >= 4 is 51.0 Å². The minimum absolute atomic E-state index is 0.00631. The van der Waals surface area contributed by atoms with Gasteiger partial charge < -0.3 is 4.74 Å². The summed E-state index contributed by atoms with van der Waals surface area (Å²) in [7, 11) is -4.13. The van der Waals surface area contributed by atoms with Crippen LogP contribution in [0.3, 0.4) is 0 Å². The quantitative estimate of drug-likeness (QED) is 0.190. The lowest BCUT2D eigenvalue weighted by Gasteiger charge is -2.24. The number of hydrogen-bond acceptors (Lipinski definition) is 5. The third-order valence-electron chi connectivity index (χ3n) is 5.35. The van der Waals surface area contributed by atoms with E-state index >= 15 is 0 Å². The molecule has 7 nitrogen and oxygen atoms in total. The summed E-state index contributed by atoms with van der Waals surface area (Å²) in [5, 5.41) is 4.43. The van der Waals surface area contributed by atoms with E-state index in [1.165, 1.54) is 36.5 Å². The average Bonchev–Trinajstić information content (AvgIpc) is 2.92. The molecule has 0 aliphatic carbocycles. The Kier molecular flexibility index (Phi) is 9.02. The van der Waals surface area contributed by atoms with Crippen LogP contribution in [0.25, 0.3) is 0 Å². The lowest BCUT2D eigenvalue weighted by Crippen LogP contribution is -2.39. The molecule has 10 heteroatoms. The molecular formula is C28H23Cl2N3O4S. The third kappa shape index (κ3) is 6.92. The van der Waals surface area contributed by atoms with Crippen molar-refractivity contribution in [1.82, 2.24) is 5.43 Å². The van der Waals surface area contributed by atoms with Gasteiger partial charge in [-0.1, -0.05) is 83.9 Å². The van der Waals surface area contributed by atoms with E-state index in [2.05, 4.69) is 10.5 Å². The highest BCUT2D eigenvalue weighted by molar-refractivity contribution is 7.92. The van der Waals surface area contributed by atoms with Gasteiger partial charge in [0.15, 0.2) is 0 Å². The van der Waals surface area contributed by atoms with Crippen LogP contribution in [-0.2, 0) is 21.4 Å². The largest absolute Gasteiger partial charge is 0.488 e. The molecule has 0 radical (unpaired) electrons. The average molecular weight is 568 g/mol. The standard InChI is InChI=1S/C28H23Cl2N3O4S/c29-23-15-16-26(25(30)17-23)33(38(35,36)24-12-5-2-6-13-24)19-28(34)32-31-18-22-11-7-8-14-27(22)37-20-21-9-3-1-4-10-21/h1-18H,19-20H2,(H,32,34)/b31-18-. The molecule has 0 saturated carbocycles. The second-order valence-corrected chi connectivity index (χ2v) is 10.7. The van der Waals surface area contributed by atoms with Crippen LogP contribution in [0.5, 0.6) is 5.75 Å². The molecule has 4 aromatic rings. The molecule has 4 rings (SSSR count). The Morgan fingerprint density at radius 1 is 0.895 bits per heavy atom. The monoisotopic (exact) mass is 567 g/mol. The van der Waals surface area contributed by atoms with E-state index in [0.29, 0.717) is 22.9 Å². The SMILES string of the molecule is O=C(CN(c1ccc(Cl)cc1Cl)S(=O)(=O)c1ccccc1)N/N=C\c1ccccc1OCc1ccccc1. The predicted molar refractivity (Wildman–Crippen MR) is 150 cm³/mol. The normalized spacial score (nSPS) is 11.3. The first-order chi connectivity index (χ1) is 18.3. The Balaban J connectivity index is 1.50. The second-order valence-electron chi connectivity index (χ2n) is 8.03. The molecule has 0 aliphatic heterocycles. The molecule has 38 heavy (non-hydrogen) atoms. The van der Waals surface area contributed by atoms with Crippen molar-refractivity contribution in [1.29, 1.82) is 0 Å². The van der Waals surface area contributed by atoms with Gasteiger partial charge in [0.05, 0.1) is 21.8 Å². The van der Waals surface area contributed by atoms with Gasteiger partial charge in [0.2, 0.25) is 0 Å². The molecule has 0 unspecified atom stereocenters. The second kappa shape index (κ2) is 12.6. The highest BCUT2D eigenvalue weighted by atomic mass is 35.5. The Hall–Kier alpha value is -3.85. The highest BCUT2D eigenvalue weighted by Crippen LogP contribution is 2.32. The van der Waals surface area contributed by atoms with Gasteiger partial charge in [-0.25, -0.2) is 13.8 Å². The summed E-state index contributed by atoms with van der Waals surface area (Å²) >= 11 is 12.3. The number of hydrogen-bond donors (Lipinski definition) is 1. The van der Waals surface area contributed by atoms with Crippen LogP contribution in [0.4, 0.5) is 5.69 Å². The number of para-hydroxylation sites is 1. The van der Waals surface area contributed by atoms with Crippen LogP contribution in [0.15, 0.2) is 113 Å². The minimum atomic E-state index is -4.13. The first kappa shape index (κ1) is 27.2.